The second-order valence-corrected chi connectivity index (χ2v) is 8.51. The topological polar surface area (TPSA) is 75.2 Å². The van der Waals surface area contributed by atoms with Gasteiger partial charge in [-0.2, -0.15) is 0 Å². The van der Waals surface area contributed by atoms with Crippen molar-refractivity contribution < 1.29 is 9.59 Å². The summed E-state index contributed by atoms with van der Waals surface area (Å²) in [5, 5.41) is 12.4. The van der Waals surface area contributed by atoms with E-state index in [0.29, 0.717) is 24.5 Å². The maximum Gasteiger partial charge on any atom is 0.249 e. The zero-order valence-electron chi connectivity index (χ0n) is 17.1. The molecule has 0 bridgehead atoms. The lowest BCUT2D eigenvalue weighted by Gasteiger charge is -2.23. The maximum atomic E-state index is 12.8. The first-order valence-electron chi connectivity index (χ1n) is 10.7. The summed E-state index contributed by atoms with van der Waals surface area (Å²) >= 11 is 1.35. The minimum Gasteiger partial charge on any atom is -0.331 e. The maximum absolute atomic E-state index is 12.8. The zero-order chi connectivity index (χ0) is 20.5. The zero-order valence-corrected chi connectivity index (χ0v) is 17.9. The molecule has 29 heavy (non-hydrogen) atoms. The van der Waals surface area contributed by atoms with E-state index in [1.807, 2.05) is 30.3 Å². The van der Waals surface area contributed by atoms with Gasteiger partial charge in [-0.3, -0.25) is 14.9 Å². The van der Waals surface area contributed by atoms with Gasteiger partial charge in [0.15, 0.2) is 0 Å². The van der Waals surface area contributed by atoms with Crippen LogP contribution in [-0.4, -0.2) is 39.5 Å². The lowest BCUT2D eigenvalue weighted by molar-refractivity contribution is -0.136. The van der Waals surface area contributed by atoms with Gasteiger partial charge >= 0.3 is 0 Å². The molecule has 0 aliphatic carbocycles. The molecule has 0 radical (unpaired) electrons. The molecule has 1 fully saturated rings. The number of carbonyl (C=O) groups is 2. The number of hydrogen-bond acceptors (Lipinski definition) is 5. The first kappa shape index (κ1) is 21.4. The molecule has 2 aromatic rings. The smallest absolute Gasteiger partial charge is 0.249 e. The third kappa shape index (κ3) is 6.10. The van der Waals surface area contributed by atoms with Crippen molar-refractivity contribution in [2.24, 2.45) is 0 Å². The van der Waals surface area contributed by atoms with Crippen LogP contribution in [0, 0.1) is 0 Å². The number of rotatable bonds is 10. The SMILES string of the molecule is CCCCCCCCC(=O)N1CCCC1C(=O)Nc1nnc(-c2ccccc2)s1. The number of amides is 2. The van der Waals surface area contributed by atoms with Crippen LogP contribution in [0.15, 0.2) is 30.3 Å². The second-order valence-electron chi connectivity index (χ2n) is 7.53. The predicted molar refractivity (Wildman–Crippen MR) is 117 cm³/mol. The fourth-order valence-corrected chi connectivity index (χ4v) is 4.45. The van der Waals surface area contributed by atoms with Crippen molar-refractivity contribution in [1.82, 2.24) is 15.1 Å². The number of unbranched alkanes of at least 4 members (excludes halogenated alkanes) is 5. The minimum atomic E-state index is -0.397. The van der Waals surface area contributed by atoms with Crippen LogP contribution >= 0.6 is 11.3 Å². The fourth-order valence-electron chi connectivity index (χ4n) is 3.70. The van der Waals surface area contributed by atoms with Gasteiger partial charge in [-0.1, -0.05) is 80.7 Å². The standard InChI is InChI=1S/C22H30N4O2S/c1-2-3-4-5-6-10-15-19(27)26-16-11-14-18(26)20(28)23-22-25-24-21(29-22)17-12-8-7-9-13-17/h7-9,12-13,18H,2-6,10-11,14-16H2,1H3,(H,23,25,28). The van der Waals surface area contributed by atoms with E-state index in [1.165, 1.54) is 37.0 Å². The average Bonchev–Trinajstić information content (AvgIpc) is 3.41. The molecule has 1 atom stereocenters. The number of likely N-dealkylation sites (tertiary alicyclic amines) is 1. The molecule has 0 saturated carbocycles. The number of hydrogen-bond donors (Lipinski definition) is 1. The summed E-state index contributed by atoms with van der Waals surface area (Å²) in [6, 6.07) is 9.37. The van der Waals surface area contributed by atoms with Gasteiger partial charge in [0.2, 0.25) is 16.9 Å². The summed E-state index contributed by atoms with van der Waals surface area (Å²) in [6.45, 7) is 2.87. The highest BCUT2D eigenvalue weighted by atomic mass is 32.1. The average molecular weight is 415 g/mol. The van der Waals surface area contributed by atoms with Gasteiger partial charge in [0.05, 0.1) is 0 Å². The van der Waals surface area contributed by atoms with Crippen LogP contribution in [0.25, 0.3) is 10.6 Å². The highest BCUT2D eigenvalue weighted by Gasteiger charge is 2.34. The summed E-state index contributed by atoms with van der Waals surface area (Å²) in [4.78, 5) is 27.1. The van der Waals surface area contributed by atoms with E-state index in [-0.39, 0.29) is 11.8 Å². The molecule has 0 spiro atoms. The molecule has 1 saturated heterocycles. The molecule has 1 aliphatic heterocycles. The Morgan fingerprint density at radius 3 is 2.66 bits per heavy atom. The first-order chi connectivity index (χ1) is 14.2. The van der Waals surface area contributed by atoms with Crippen LogP contribution in [0.5, 0.6) is 0 Å². The summed E-state index contributed by atoms with van der Waals surface area (Å²) in [6.07, 6.45) is 9.02. The largest absolute Gasteiger partial charge is 0.331 e. The van der Waals surface area contributed by atoms with Crippen LogP contribution in [0.4, 0.5) is 5.13 Å². The van der Waals surface area contributed by atoms with Crippen LogP contribution in [-0.2, 0) is 9.59 Å². The van der Waals surface area contributed by atoms with E-state index >= 15 is 0 Å². The van der Waals surface area contributed by atoms with Crippen LogP contribution < -0.4 is 5.32 Å². The molecule has 1 aromatic heterocycles. The lowest BCUT2D eigenvalue weighted by atomic mass is 10.1. The van der Waals surface area contributed by atoms with Gasteiger partial charge in [-0.25, -0.2) is 0 Å². The highest BCUT2D eigenvalue weighted by Crippen LogP contribution is 2.27. The van der Waals surface area contributed by atoms with Crippen molar-refractivity contribution >= 4 is 28.3 Å². The molecule has 6 nitrogen and oxygen atoms in total. The predicted octanol–water partition coefficient (Wildman–Crippen LogP) is 4.89. The van der Waals surface area contributed by atoms with Crippen LogP contribution in [0.2, 0.25) is 0 Å². The highest BCUT2D eigenvalue weighted by molar-refractivity contribution is 7.18. The van der Waals surface area contributed by atoms with Crippen molar-refractivity contribution in [3.8, 4) is 10.6 Å². The molecule has 2 amide bonds. The Morgan fingerprint density at radius 1 is 1.10 bits per heavy atom. The lowest BCUT2D eigenvalue weighted by Crippen LogP contribution is -2.43. The Balaban J connectivity index is 1.49. The Hall–Kier alpha value is -2.28. The Kier molecular flexibility index (Phi) is 8.16. The molecule has 1 aromatic carbocycles. The molecule has 156 valence electrons. The van der Waals surface area contributed by atoms with Gasteiger partial charge in [-0.05, 0) is 19.3 Å². The number of aromatic nitrogens is 2. The summed E-state index contributed by atoms with van der Waals surface area (Å²) in [5.74, 6) is -0.0602. The number of nitrogens with one attached hydrogen (secondary N) is 1. The van der Waals surface area contributed by atoms with E-state index in [4.69, 9.17) is 0 Å². The molecular formula is C22H30N4O2S. The van der Waals surface area contributed by atoms with E-state index in [0.717, 1.165) is 29.8 Å². The van der Waals surface area contributed by atoms with Crippen molar-refractivity contribution in [2.75, 3.05) is 11.9 Å². The van der Waals surface area contributed by atoms with Crippen molar-refractivity contribution in [1.29, 1.82) is 0 Å². The number of carbonyl (C=O) groups excluding carboxylic acids is 2. The number of benzene rings is 1. The van der Waals surface area contributed by atoms with Gasteiger partial charge in [-0.15, -0.1) is 10.2 Å². The monoisotopic (exact) mass is 414 g/mol. The van der Waals surface area contributed by atoms with Crippen molar-refractivity contribution in [3.63, 3.8) is 0 Å². The van der Waals surface area contributed by atoms with Crippen molar-refractivity contribution in [2.45, 2.75) is 70.8 Å². The summed E-state index contributed by atoms with van der Waals surface area (Å²) in [7, 11) is 0. The summed E-state index contributed by atoms with van der Waals surface area (Å²) < 4.78 is 0. The van der Waals surface area contributed by atoms with E-state index < -0.39 is 6.04 Å². The van der Waals surface area contributed by atoms with Crippen LogP contribution in [0.3, 0.4) is 0 Å². The van der Waals surface area contributed by atoms with Gasteiger partial charge in [0.25, 0.3) is 0 Å². The Morgan fingerprint density at radius 2 is 1.86 bits per heavy atom. The van der Waals surface area contributed by atoms with Gasteiger partial charge in [0, 0.05) is 18.5 Å². The summed E-state index contributed by atoms with van der Waals surface area (Å²) in [5.41, 5.74) is 0.974. The fraction of sp³-hybridized carbons (Fsp3) is 0.545. The molecule has 1 N–H and O–H groups in total. The molecular weight excluding hydrogens is 384 g/mol. The van der Waals surface area contributed by atoms with E-state index in [1.54, 1.807) is 4.90 Å². The van der Waals surface area contributed by atoms with Crippen LogP contribution in [0.1, 0.15) is 64.7 Å². The molecule has 7 heteroatoms. The quantitative estimate of drug-likeness (QED) is 0.562. The molecule has 1 aliphatic rings. The third-order valence-electron chi connectivity index (χ3n) is 5.30. The van der Waals surface area contributed by atoms with Gasteiger partial charge in [0.1, 0.15) is 11.0 Å². The number of nitrogens with zero attached hydrogens (tertiary/aromatic N) is 3. The third-order valence-corrected chi connectivity index (χ3v) is 6.18. The van der Waals surface area contributed by atoms with Gasteiger partial charge < -0.3 is 4.90 Å². The van der Waals surface area contributed by atoms with E-state index in [9.17, 15) is 9.59 Å². The first-order valence-corrected chi connectivity index (χ1v) is 11.5. The second kappa shape index (κ2) is 11.0. The normalized spacial score (nSPS) is 16.2. The van der Waals surface area contributed by atoms with Crippen molar-refractivity contribution in [3.05, 3.63) is 30.3 Å². The minimum absolute atomic E-state index is 0.0976. The Labute approximate surface area is 176 Å². The molecule has 1 unspecified atom stereocenters. The molecule has 2 heterocycles. The molecule has 3 rings (SSSR count). The number of anilines is 1. The Bertz CT molecular complexity index is 793. The van der Waals surface area contributed by atoms with E-state index in [2.05, 4.69) is 22.4 Å².